The third kappa shape index (κ3) is 2.04. The highest BCUT2D eigenvalue weighted by Gasteiger charge is 2.14. The summed E-state index contributed by atoms with van der Waals surface area (Å²) in [5.74, 6) is 0.645. The number of rotatable bonds is 3. The highest BCUT2D eigenvalue weighted by atomic mass is 16.5. The maximum atomic E-state index is 10.2. The van der Waals surface area contributed by atoms with Crippen molar-refractivity contribution >= 4 is 0 Å². The number of nitrogens with zero attached hydrogens (tertiary/aromatic N) is 1. The van der Waals surface area contributed by atoms with E-state index in [1.54, 1.807) is 25.6 Å². The third-order valence-corrected chi connectivity index (χ3v) is 2.44. The monoisotopic (exact) mass is 215 g/mol. The minimum absolute atomic E-state index is 0.645. The third-order valence-electron chi connectivity index (χ3n) is 2.44. The van der Waals surface area contributed by atoms with Gasteiger partial charge in [0, 0.05) is 18.0 Å². The maximum Gasteiger partial charge on any atom is 0.128 e. The number of aliphatic hydroxyl groups excluding tert-OH is 1. The van der Waals surface area contributed by atoms with E-state index in [2.05, 4.69) is 4.98 Å². The van der Waals surface area contributed by atoms with E-state index < -0.39 is 6.10 Å². The molecule has 1 aromatic heterocycles. The molecule has 1 N–H and O–H groups in total. The van der Waals surface area contributed by atoms with E-state index in [1.807, 2.05) is 30.3 Å². The molecule has 1 heterocycles. The van der Waals surface area contributed by atoms with Crippen LogP contribution in [0.5, 0.6) is 5.75 Å². The van der Waals surface area contributed by atoms with Crippen LogP contribution in [0, 0.1) is 0 Å². The lowest BCUT2D eigenvalue weighted by atomic mass is 10.0. The molecule has 82 valence electrons. The fourth-order valence-electron chi connectivity index (χ4n) is 1.60. The fraction of sp³-hybridized carbons (Fsp3) is 0.154. The molecule has 1 unspecified atom stereocenters. The lowest BCUT2D eigenvalue weighted by Gasteiger charge is -2.14. The molecular weight excluding hydrogens is 202 g/mol. The molecule has 0 radical (unpaired) electrons. The second-order valence-corrected chi connectivity index (χ2v) is 3.43. The van der Waals surface area contributed by atoms with Crippen LogP contribution in [0.1, 0.15) is 17.2 Å². The minimum Gasteiger partial charge on any atom is -0.496 e. The summed E-state index contributed by atoms with van der Waals surface area (Å²) in [4.78, 5) is 4.00. The van der Waals surface area contributed by atoms with Gasteiger partial charge >= 0.3 is 0 Å². The number of ether oxygens (including phenoxy) is 1. The van der Waals surface area contributed by atoms with Crippen molar-refractivity contribution in [3.8, 4) is 5.75 Å². The van der Waals surface area contributed by atoms with Crippen LogP contribution >= 0.6 is 0 Å². The molecule has 1 atom stereocenters. The van der Waals surface area contributed by atoms with E-state index >= 15 is 0 Å². The highest BCUT2D eigenvalue weighted by Crippen LogP contribution is 2.28. The second kappa shape index (κ2) is 4.77. The first kappa shape index (κ1) is 10.6. The summed E-state index contributed by atoms with van der Waals surface area (Å²) in [5, 5.41) is 10.2. The van der Waals surface area contributed by atoms with Crippen molar-refractivity contribution in [2.75, 3.05) is 7.11 Å². The standard InChI is InChI=1S/C13H13NO2/c1-16-12-7-8-14-9-11(12)13(15)10-5-3-2-4-6-10/h2-9,13,15H,1H3. The summed E-state index contributed by atoms with van der Waals surface area (Å²) < 4.78 is 5.19. The predicted octanol–water partition coefficient (Wildman–Crippen LogP) is 2.17. The fourth-order valence-corrected chi connectivity index (χ4v) is 1.60. The summed E-state index contributed by atoms with van der Waals surface area (Å²) in [7, 11) is 1.58. The Morgan fingerprint density at radius 3 is 2.62 bits per heavy atom. The van der Waals surface area contributed by atoms with Crippen molar-refractivity contribution in [1.82, 2.24) is 4.98 Å². The van der Waals surface area contributed by atoms with E-state index in [0.717, 1.165) is 5.56 Å². The number of aromatic nitrogens is 1. The second-order valence-electron chi connectivity index (χ2n) is 3.43. The van der Waals surface area contributed by atoms with Crippen molar-refractivity contribution in [3.05, 3.63) is 59.9 Å². The number of hydrogen-bond donors (Lipinski definition) is 1. The smallest absolute Gasteiger partial charge is 0.128 e. The van der Waals surface area contributed by atoms with Gasteiger partial charge in [0.05, 0.1) is 7.11 Å². The van der Waals surface area contributed by atoms with Gasteiger partial charge < -0.3 is 9.84 Å². The Balaban J connectivity index is 2.37. The zero-order chi connectivity index (χ0) is 11.4. The van der Waals surface area contributed by atoms with Gasteiger partial charge in [0.15, 0.2) is 0 Å². The molecular formula is C13H13NO2. The van der Waals surface area contributed by atoms with E-state index in [9.17, 15) is 5.11 Å². The number of benzene rings is 1. The molecule has 0 bridgehead atoms. The van der Waals surface area contributed by atoms with E-state index in [1.165, 1.54) is 0 Å². The Labute approximate surface area is 94.3 Å². The highest BCUT2D eigenvalue weighted by molar-refractivity contribution is 5.37. The van der Waals surface area contributed by atoms with Gasteiger partial charge in [0.25, 0.3) is 0 Å². The Kier molecular flexibility index (Phi) is 3.17. The van der Waals surface area contributed by atoms with Gasteiger partial charge in [-0.05, 0) is 11.6 Å². The van der Waals surface area contributed by atoms with Crippen LogP contribution in [0.4, 0.5) is 0 Å². The van der Waals surface area contributed by atoms with Crippen LogP contribution in [-0.2, 0) is 0 Å². The Hall–Kier alpha value is -1.87. The van der Waals surface area contributed by atoms with Crippen molar-refractivity contribution < 1.29 is 9.84 Å². The molecule has 0 saturated carbocycles. The van der Waals surface area contributed by atoms with Crippen LogP contribution in [0.15, 0.2) is 48.8 Å². The summed E-state index contributed by atoms with van der Waals surface area (Å²) in [5.41, 5.74) is 1.50. The molecule has 0 aliphatic carbocycles. The first-order chi connectivity index (χ1) is 7.83. The average molecular weight is 215 g/mol. The zero-order valence-corrected chi connectivity index (χ0v) is 9.00. The van der Waals surface area contributed by atoms with Gasteiger partial charge in [-0.1, -0.05) is 30.3 Å². The molecule has 0 amide bonds. The summed E-state index contributed by atoms with van der Waals surface area (Å²) in [6.45, 7) is 0. The van der Waals surface area contributed by atoms with Gasteiger partial charge in [-0.25, -0.2) is 0 Å². The van der Waals surface area contributed by atoms with Crippen LogP contribution in [-0.4, -0.2) is 17.2 Å². The van der Waals surface area contributed by atoms with Gasteiger partial charge in [-0.15, -0.1) is 0 Å². The molecule has 0 fully saturated rings. The van der Waals surface area contributed by atoms with E-state index in [4.69, 9.17) is 4.74 Å². The molecule has 16 heavy (non-hydrogen) atoms. The normalized spacial score (nSPS) is 12.1. The Bertz CT molecular complexity index is 456. The lowest BCUT2D eigenvalue weighted by molar-refractivity contribution is 0.214. The lowest BCUT2D eigenvalue weighted by Crippen LogP contribution is -2.02. The number of aliphatic hydroxyl groups is 1. The zero-order valence-electron chi connectivity index (χ0n) is 9.00. The molecule has 2 aromatic rings. The number of hydrogen-bond acceptors (Lipinski definition) is 3. The summed E-state index contributed by atoms with van der Waals surface area (Å²) in [6.07, 6.45) is 2.56. The van der Waals surface area contributed by atoms with E-state index in [-0.39, 0.29) is 0 Å². The van der Waals surface area contributed by atoms with Gasteiger partial charge in [0.1, 0.15) is 11.9 Å². The predicted molar refractivity (Wildman–Crippen MR) is 61.3 cm³/mol. The van der Waals surface area contributed by atoms with Gasteiger partial charge in [0.2, 0.25) is 0 Å². The minimum atomic E-state index is -0.704. The first-order valence-corrected chi connectivity index (χ1v) is 5.04. The van der Waals surface area contributed by atoms with Crippen LogP contribution in [0.3, 0.4) is 0 Å². The molecule has 0 saturated heterocycles. The van der Waals surface area contributed by atoms with Crippen LogP contribution < -0.4 is 4.74 Å². The van der Waals surface area contributed by atoms with Gasteiger partial charge in [-0.2, -0.15) is 0 Å². The molecule has 1 aromatic carbocycles. The molecule has 0 spiro atoms. The molecule has 3 nitrogen and oxygen atoms in total. The molecule has 3 heteroatoms. The first-order valence-electron chi connectivity index (χ1n) is 5.04. The number of methoxy groups -OCH3 is 1. The molecule has 0 aliphatic heterocycles. The van der Waals surface area contributed by atoms with E-state index in [0.29, 0.717) is 11.3 Å². The van der Waals surface area contributed by atoms with Crippen molar-refractivity contribution in [1.29, 1.82) is 0 Å². The topological polar surface area (TPSA) is 42.4 Å². The van der Waals surface area contributed by atoms with Crippen LogP contribution in [0.25, 0.3) is 0 Å². The summed E-state index contributed by atoms with van der Waals surface area (Å²) in [6, 6.07) is 11.2. The molecule has 0 aliphatic rings. The largest absolute Gasteiger partial charge is 0.496 e. The SMILES string of the molecule is COc1ccncc1C(O)c1ccccc1. The molecule has 2 rings (SSSR count). The average Bonchev–Trinajstić information content (AvgIpc) is 2.39. The Morgan fingerprint density at radius 2 is 1.94 bits per heavy atom. The maximum absolute atomic E-state index is 10.2. The Morgan fingerprint density at radius 1 is 1.19 bits per heavy atom. The quantitative estimate of drug-likeness (QED) is 0.853. The van der Waals surface area contributed by atoms with Crippen molar-refractivity contribution in [3.63, 3.8) is 0 Å². The summed E-state index contributed by atoms with van der Waals surface area (Å²) >= 11 is 0. The number of pyridine rings is 1. The van der Waals surface area contributed by atoms with Crippen molar-refractivity contribution in [2.45, 2.75) is 6.10 Å². The van der Waals surface area contributed by atoms with Crippen molar-refractivity contribution in [2.24, 2.45) is 0 Å². The van der Waals surface area contributed by atoms with Gasteiger partial charge in [-0.3, -0.25) is 4.98 Å². The van der Waals surface area contributed by atoms with Crippen LogP contribution in [0.2, 0.25) is 0 Å².